The molecule has 0 saturated heterocycles. The first-order valence-corrected chi connectivity index (χ1v) is 12.8. The number of nitro benzene ring substituents is 1. The number of nitro groups is 1. The fraction of sp³-hybridized carbons (Fsp3) is 0.100. The van der Waals surface area contributed by atoms with Gasteiger partial charge in [0, 0.05) is 29.2 Å². The molecule has 184 valence electrons. The van der Waals surface area contributed by atoms with Gasteiger partial charge in [0.05, 0.1) is 16.2 Å². The average molecular weight is 510 g/mol. The number of furan rings is 1. The molecule has 0 fully saturated rings. The number of rotatable bonds is 9. The van der Waals surface area contributed by atoms with Gasteiger partial charge in [-0.05, 0) is 34.4 Å². The Kier molecular flexibility index (Phi) is 7.05. The van der Waals surface area contributed by atoms with Gasteiger partial charge in [0.2, 0.25) is 0 Å². The molecule has 5 rings (SSSR count). The lowest BCUT2D eigenvalue weighted by Crippen LogP contribution is -1.97. The Balaban J connectivity index is 1.47. The molecule has 1 N–H and O–H groups in total. The van der Waals surface area contributed by atoms with E-state index in [0.29, 0.717) is 11.3 Å². The number of carbonyl (C=O) groups is 1. The molecular formula is C30H23NO5S. The van der Waals surface area contributed by atoms with Gasteiger partial charge in [-0.1, -0.05) is 78.9 Å². The van der Waals surface area contributed by atoms with Gasteiger partial charge in [-0.15, -0.1) is 11.8 Å². The van der Waals surface area contributed by atoms with Gasteiger partial charge in [0.25, 0.3) is 5.69 Å². The van der Waals surface area contributed by atoms with Crippen LogP contribution in [-0.4, -0.2) is 21.8 Å². The highest BCUT2D eigenvalue weighted by molar-refractivity contribution is 7.99. The number of thioether (sulfide) groups is 1. The molecule has 7 heteroatoms. The molecule has 0 atom stereocenters. The van der Waals surface area contributed by atoms with Gasteiger partial charge in [0.15, 0.2) is 0 Å². The highest BCUT2D eigenvalue weighted by atomic mass is 32.2. The molecule has 1 aromatic heterocycles. The smallest absolute Gasteiger partial charge is 0.304 e. The Labute approximate surface area is 217 Å². The van der Waals surface area contributed by atoms with Crippen molar-refractivity contribution >= 4 is 34.4 Å². The van der Waals surface area contributed by atoms with Crippen LogP contribution in [0.25, 0.3) is 33.2 Å². The molecule has 37 heavy (non-hydrogen) atoms. The van der Waals surface area contributed by atoms with Crippen LogP contribution in [0.2, 0.25) is 0 Å². The van der Waals surface area contributed by atoms with E-state index in [-0.39, 0.29) is 17.9 Å². The Morgan fingerprint density at radius 2 is 1.54 bits per heavy atom. The predicted molar refractivity (Wildman–Crippen MR) is 146 cm³/mol. The van der Waals surface area contributed by atoms with E-state index in [1.54, 1.807) is 12.1 Å². The van der Waals surface area contributed by atoms with Crippen LogP contribution in [0.4, 0.5) is 5.69 Å². The minimum Gasteiger partial charge on any atom is -0.481 e. The minimum absolute atomic E-state index is 0.0251. The van der Waals surface area contributed by atoms with Crippen LogP contribution in [0.15, 0.2) is 106 Å². The summed E-state index contributed by atoms with van der Waals surface area (Å²) in [7, 11) is 0. The third-order valence-corrected chi connectivity index (χ3v) is 7.18. The molecule has 0 aliphatic rings. The Hall–Kier alpha value is -4.36. The Morgan fingerprint density at radius 3 is 2.27 bits per heavy atom. The molecule has 0 saturated carbocycles. The summed E-state index contributed by atoms with van der Waals surface area (Å²) in [5, 5.41) is 21.6. The summed E-state index contributed by atoms with van der Waals surface area (Å²) in [5.41, 5.74) is 5.60. The highest BCUT2D eigenvalue weighted by Crippen LogP contribution is 2.38. The predicted octanol–water partition coefficient (Wildman–Crippen LogP) is 7.83. The number of carboxylic acid groups (broad SMARTS) is 1. The van der Waals surface area contributed by atoms with E-state index in [4.69, 9.17) is 9.52 Å². The minimum atomic E-state index is -0.927. The van der Waals surface area contributed by atoms with Crippen LogP contribution in [0.3, 0.4) is 0 Å². The van der Waals surface area contributed by atoms with Gasteiger partial charge in [-0.3, -0.25) is 14.9 Å². The first-order valence-electron chi connectivity index (χ1n) is 11.8. The number of carboxylic acids is 1. The summed E-state index contributed by atoms with van der Waals surface area (Å²) in [6.45, 7) is 0. The fourth-order valence-corrected chi connectivity index (χ4v) is 5.30. The first kappa shape index (κ1) is 24.3. The molecule has 0 aliphatic carbocycles. The zero-order valence-corrected chi connectivity index (χ0v) is 20.6. The number of fused-ring (bicyclic) bond motifs is 1. The Bertz CT molecular complexity index is 1580. The molecule has 5 aromatic rings. The summed E-state index contributed by atoms with van der Waals surface area (Å²) in [4.78, 5) is 22.5. The van der Waals surface area contributed by atoms with Crippen molar-refractivity contribution in [1.82, 2.24) is 0 Å². The third kappa shape index (κ3) is 5.42. The lowest BCUT2D eigenvalue weighted by molar-refractivity contribution is -0.387. The van der Waals surface area contributed by atoms with Crippen molar-refractivity contribution in [3.8, 4) is 22.3 Å². The maximum atomic E-state index is 11.7. The average Bonchev–Trinajstić information content (AvgIpc) is 3.27. The molecule has 0 radical (unpaired) electrons. The van der Waals surface area contributed by atoms with Crippen molar-refractivity contribution in [2.75, 3.05) is 5.75 Å². The first-order chi connectivity index (χ1) is 18.0. The summed E-state index contributed by atoms with van der Waals surface area (Å²) in [6.07, 6.45) is 0.611. The maximum absolute atomic E-state index is 11.7. The number of nitrogens with zero attached hydrogens (tertiary/aromatic N) is 1. The summed E-state index contributed by atoms with van der Waals surface area (Å²) in [5.74, 6) is 0.233. The largest absolute Gasteiger partial charge is 0.481 e. The summed E-state index contributed by atoms with van der Waals surface area (Å²) in [6, 6.07) is 31.2. The van der Waals surface area contributed by atoms with Crippen molar-refractivity contribution < 1.29 is 19.2 Å². The molecule has 0 aliphatic heterocycles. The Morgan fingerprint density at radius 1 is 0.865 bits per heavy atom. The van der Waals surface area contributed by atoms with E-state index in [1.165, 1.54) is 11.8 Å². The fourth-order valence-electron chi connectivity index (χ4n) is 4.36. The second-order valence-electron chi connectivity index (χ2n) is 8.57. The molecule has 0 amide bonds. The van der Waals surface area contributed by atoms with E-state index in [1.807, 2.05) is 66.7 Å². The summed E-state index contributed by atoms with van der Waals surface area (Å²) < 4.78 is 6.26. The standard InChI is InChI=1S/C30H23NO5S/c32-29(33)16-17-37-28-15-14-23(19-25(28)31(34)35)21-10-12-22(13-11-21)30-24-8-4-5-9-26(24)36-27(30)18-20-6-2-1-3-7-20/h1-15,19H,16-18H2,(H,32,33). The van der Waals surface area contributed by atoms with Crippen molar-refractivity contribution in [1.29, 1.82) is 0 Å². The van der Waals surface area contributed by atoms with Gasteiger partial charge < -0.3 is 9.52 Å². The molecular weight excluding hydrogens is 486 g/mol. The van der Waals surface area contributed by atoms with Crippen LogP contribution < -0.4 is 0 Å². The van der Waals surface area contributed by atoms with E-state index in [2.05, 4.69) is 18.2 Å². The van der Waals surface area contributed by atoms with Crippen molar-refractivity contribution in [2.24, 2.45) is 0 Å². The van der Waals surface area contributed by atoms with Crippen LogP contribution in [-0.2, 0) is 11.2 Å². The highest BCUT2D eigenvalue weighted by Gasteiger charge is 2.18. The normalized spacial score (nSPS) is 11.0. The van der Waals surface area contributed by atoms with Gasteiger partial charge in [-0.25, -0.2) is 0 Å². The molecule has 1 heterocycles. The summed E-state index contributed by atoms with van der Waals surface area (Å²) >= 11 is 1.18. The third-order valence-electron chi connectivity index (χ3n) is 6.11. The quantitative estimate of drug-likeness (QED) is 0.124. The molecule has 6 nitrogen and oxygen atoms in total. The van der Waals surface area contributed by atoms with Crippen molar-refractivity contribution in [3.63, 3.8) is 0 Å². The van der Waals surface area contributed by atoms with Crippen molar-refractivity contribution in [3.05, 3.63) is 118 Å². The van der Waals surface area contributed by atoms with Crippen LogP contribution in [0.5, 0.6) is 0 Å². The second kappa shape index (κ2) is 10.7. The SMILES string of the molecule is O=C(O)CCSc1ccc(-c2ccc(-c3c(Cc4ccccc4)oc4ccccc34)cc2)cc1[N+](=O)[O-]. The van der Waals surface area contributed by atoms with Crippen molar-refractivity contribution in [2.45, 2.75) is 17.7 Å². The van der Waals surface area contributed by atoms with Crippen LogP contribution in [0, 0.1) is 10.1 Å². The topological polar surface area (TPSA) is 93.6 Å². The number of hydrogen-bond acceptors (Lipinski definition) is 5. The van der Waals surface area contributed by atoms with E-state index in [9.17, 15) is 14.9 Å². The number of para-hydroxylation sites is 1. The van der Waals surface area contributed by atoms with Gasteiger partial charge in [0.1, 0.15) is 11.3 Å². The van der Waals surface area contributed by atoms with Crippen LogP contribution in [0.1, 0.15) is 17.7 Å². The van der Waals surface area contributed by atoms with Crippen LogP contribution >= 0.6 is 11.8 Å². The van der Waals surface area contributed by atoms with Gasteiger partial charge in [-0.2, -0.15) is 0 Å². The zero-order chi connectivity index (χ0) is 25.8. The molecule has 0 unspecified atom stereocenters. The molecule has 0 bridgehead atoms. The maximum Gasteiger partial charge on any atom is 0.304 e. The number of hydrogen-bond donors (Lipinski definition) is 1. The molecule has 4 aromatic carbocycles. The van der Waals surface area contributed by atoms with E-state index >= 15 is 0 Å². The zero-order valence-electron chi connectivity index (χ0n) is 19.8. The lowest BCUT2D eigenvalue weighted by Gasteiger charge is -2.08. The molecule has 0 spiro atoms. The number of benzene rings is 4. The van der Waals surface area contributed by atoms with E-state index < -0.39 is 10.9 Å². The lowest BCUT2D eigenvalue weighted by atomic mass is 9.96. The van der Waals surface area contributed by atoms with E-state index in [0.717, 1.165) is 44.5 Å². The van der Waals surface area contributed by atoms with Gasteiger partial charge >= 0.3 is 5.97 Å². The monoisotopic (exact) mass is 509 g/mol. The number of aliphatic carboxylic acids is 1. The second-order valence-corrected chi connectivity index (χ2v) is 9.70.